The number of hydrogen-bond donors (Lipinski definition) is 0. The number of rotatable bonds is 2. The monoisotopic (exact) mass is 592 g/mol. The van der Waals surface area contributed by atoms with Crippen molar-refractivity contribution < 1.29 is 0 Å². The van der Waals surface area contributed by atoms with Crippen LogP contribution in [0.2, 0.25) is 0 Å². The van der Waals surface area contributed by atoms with Crippen molar-refractivity contribution in [2.75, 3.05) is 0 Å². The molecule has 1 aliphatic rings. The third kappa shape index (κ3) is 3.42. The molecule has 0 aliphatic heterocycles. The zero-order valence-corrected chi connectivity index (χ0v) is 25.8. The second-order valence-corrected chi connectivity index (χ2v) is 13.8. The Labute approximate surface area is 264 Å². The molecule has 7 aromatic carbocycles. The summed E-state index contributed by atoms with van der Waals surface area (Å²) < 4.78 is 3.72. The number of para-hydroxylation sites is 1. The quantitative estimate of drug-likeness (QED) is 0.183. The van der Waals surface area contributed by atoms with E-state index in [4.69, 9.17) is 4.98 Å². The summed E-state index contributed by atoms with van der Waals surface area (Å²) in [6, 6.07) is 49.2. The fraction of sp³-hybridized carbons (Fsp3) is 0.0714. The van der Waals surface area contributed by atoms with E-state index in [-0.39, 0.29) is 5.41 Å². The molecule has 2 nitrogen and oxygen atoms in total. The number of nitrogens with zero attached hydrogens (tertiary/aromatic N) is 2. The summed E-state index contributed by atoms with van der Waals surface area (Å²) in [6.45, 7) is 4.73. The molecule has 0 amide bonds. The van der Waals surface area contributed by atoms with E-state index >= 15 is 0 Å². The zero-order valence-electron chi connectivity index (χ0n) is 25.0. The SMILES string of the molecule is CC1(C)c2ccccc2-c2cc3c4ccc5c6ccccc6ccc5c4n(-c4ccc(-c5nc6ccccc6s5)cc4)c3cc21. The molecule has 0 unspecified atom stereocenters. The highest BCUT2D eigenvalue weighted by Crippen LogP contribution is 2.51. The number of aromatic nitrogens is 2. The van der Waals surface area contributed by atoms with Gasteiger partial charge in [0.2, 0.25) is 0 Å². The van der Waals surface area contributed by atoms with E-state index in [9.17, 15) is 0 Å². The van der Waals surface area contributed by atoms with Crippen molar-refractivity contribution in [3.05, 3.63) is 145 Å². The van der Waals surface area contributed by atoms with Crippen molar-refractivity contribution in [1.29, 1.82) is 0 Å². The van der Waals surface area contributed by atoms with Crippen LogP contribution in [0.1, 0.15) is 25.0 Å². The number of thiazole rings is 1. The van der Waals surface area contributed by atoms with E-state index in [1.165, 1.54) is 70.3 Å². The summed E-state index contributed by atoms with van der Waals surface area (Å²) >= 11 is 1.75. The molecule has 3 heteroatoms. The van der Waals surface area contributed by atoms with Gasteiger partial charge in [0.1, 0.15) is 5.01 Å². The Morgan fingerprint density at radius 1 is 0.578 bits per heavy atom. The average molecular weight is 593 g/mol. The summed E-state index contributed by atoms with van der Waals surface area (Å²) in [4.78, 5) is 4.93. The van der Waals surface area contributed by atoms with Gasteiger partial charge < -0.3 is 4.57 Å². The Hall–Kier alpha value is -5.25. The minimum absolute atomic E-state index is 0.0730. The molecule has 2 aromatic heterocycles. The molecule has 0 saturated heterocycles. The molecule has 0 spiro atoms. The highest BCUT2D eigenvalue weighted by atomic mass is 32.1. The van der Waals surface area contributed by atoms with Crippen molar-refractivity contribution in [1.82, 2.24) is 9.55 Å². The number of fused-ring (bicyclic) bond motifs is 11. The minimum Gasteiger partial charge on any atom is -0.309 e. The normalized spacial score (nSPS) is 13.7. The largest absolute Gasteiger partial charge is 0.309 e. The summed E-state index contributed by atoms with van der Waals surface area (Å²) in [5, 5.41) is 8.75. The van der Waals surface area contributed by atoms with Crippen LogP contribution in [0.5, 0.6) is 0 Å². The molecule has 212 valence electrons. The highest BCUT2D eigenvalue weighted by molar-refractivity contribution is 7.21. The Bertz CT molecular complexity index is 2640. The zero-order chi connectivity index (χ0) is 29.9. The minimum atomic E-state index is -0.0730. The van der Waals surface area contributed by atoms with E-state index in [2.05, 4.69) is 152 Å². The highest BCUT2D eigenvalue weighted by Gasteiger charge is 2.36. The summed E-state index contributed by atoms with van der Waals surface area (Å²) in [5.41, 5.74) is 11.3. The van der Waals surface area contributed by atoms with Crippen molar-refractivity contribution in [3.8, 4) is 27.4 Å². The van der Waals surface area contributed by atoms with Crippen LogP contribution in [-0.4, -0.2) is 9.55 Å². The molecular formula is C42H28N2S. The molecule has 0 saturated carbocycles. The lowest BCUT2D eigenvalue weighted by Gasteiger charge is -2.21. The average Bonchev–Trinajstić information content (AvgIpc) is 3.73. The summed E-state index contributed by atoms with van der Waals surface area (Å²) in [6.07, 6.45) is 0. The molecule has 45 heavy (non-hydrogen) atoms. The topological polar surface area (TPSA) is 17.8 Å². The van der Waals surface area contributed by atoms with Crippen LogP contribution in [-0.2, 0) is 5.41 Å². The Morgan fingerprint density at radius 3 is 2.20 bits per heavy atom. The van der Waals surface area contributed by atoms with E-state index in [0.29, 0.717) is 0 Å². The molecule has 10 rings (SSSR count). The van der Waals surface area contributed by atoms with Crippen LogP contribution >= 0.6 is 11.3 Å². The van der Waals surface area contributed by atoms with Crippen molar-refractivity contribution in [3.63, 3.8) is 0 Å². The maximum atomic E-state index is 4.93. The van der Waals surface area contributed by atoms with Crippen LogP contribution in [0.4, 0.5) is 0 Å². The van der Waals surface area contributed by atoms with Crippen LogP contribution in [0, 0.1) is 0 Å². The molecule has 0 radical (unpaired) electrons. The maximum absolute atomic E-state index is 4.93. The van der Waals surface area contributed by atoms with Gasteiger partial charge in [-0.15, -0.1) is 11.3 Å². The Morgan fingerprint density at radius 2 is 1.31 bits per heavy atom. The van der Waals surface area contributed by atoms with Gasteiger partial charge in [0.15, 0.2) is 0 Å². The lowest BCUT2D eigenvalue weighted by molar-refractivity contribution is 0.661. The molecule has 1 aliphatic carbocycles. The third-order valence-electron chi connectivity index (χ3n) is 10.0. The first-order chi connectivity index (χ1) is 22.1. The van der Waals surface area contributed by atoms with Gasteiger partial charge in [0.25, 0.3) is 0 Å². The smallest absolute Gasteiger partial charge is 0.124 e. The first-order valence-electron chi connectivity index (χ1n) is 15.6. The first kappa shape index (κ1) is 25.1. The van der Waals surface area contributed by atoms with Gasteiger partial charge in [-0.25, -0.2) is 4.98 Å². The third-order valence-corrected chi connectivity index (χ3v) is 11.1. The van der Waals surface area contributed by atoms with Gasteiger partial charge in [-0.1, -0.05) is 98.8 Å². The van der Waals surface area contributed by atoms with Crippen molar-refractivity contribution in [2.24, 2.45) is 0 Å². The van der Waals surface area contributed by atoms with E-state index in [0.717, 1.165) is 21.8 Å². The van der Waals surface area contributed by atoms with Crippen molar-refractivity contribution in [2.45, 2.75) is 19.3 Å². The van der Waals surface area contributed by atoms with E-state index in [1.54, 1.807) is 11.3 Å². The Kier molecular flexibility index (Phi) is 4.97. The maximum Gasteiger partial charge on any atom is 0.124 e. The number of benzene rings is 7. The van der Waals surface area contributed by atoms with Gasteiger partial charge in [0.05, 0.1) is 21.3 Å². The summed E-state index contributed by atoms with van der Waals surface area (Å²) in [7, 11) is 0. The van der Waals surface area contributed by atoms with Gasteiger partial charge in [-0.05, 0) is 86.9 Å². The van der Waals surface area contributed by atoms with Gasteiger partial charge in [-0.3, -0.25) is 0 Å². The molecule has 0 bridgehead atoms. The molecule has 2 heterocycles. The fourth-order valence-corrected chi connectivity index (χ4v) is 8.78. The van der Waals surface area contributed by atoms with Crippen molar-refractivity contribution >= 4 is 64.9 Å². The van der Waals surface area contributed by atoms with Crippen LogP contribution < -0.4 is 0 Å². The molecule has 9 aromatic rings. The second kappa shape index (κ2) is 8.90. The van der Waals surface area contributed by atoms with Gasteiger partial charge in [0, 0.05) is 32.8 Å². The van der Waals surface area contributed by atoms with E-state index in [1.807, 2.05) is 0 Å². The standard InChI is InChI=1S/C42H28N2S/c1-42(2)35-12-6-5-11-30(35)33-23-34-32-22-21-29-28-10-4-3-9-25(28)17-20-31(29)40(32)44(38(34)24-36(33)42)27-18-15-26(16-19-27)41-43-37-13-7-8-14-39(37)45-41/h3-24H,1-2H3. The lowest BCUT2D eigenvalue weighted by Crippen LogP contribution is -2.14. The predicted octanol–water partition coefficient (Wildman–Crippen LogP) is 11.7. The first-order valence-corrected chi connectivity index (χ1v) is 16.4. The molecule has 0 N–H and O–H groups in total. The van der Waals surface area contributed by atoms with Gasteiger partial charge in [-0.2, -0.15) is 0 Å². The molecule has 0 atom stereocenters. The lowest BCUT2D eigenvalue weighted by atomic mass is 9.82. The van der Waals surface area contributed by atoms with Crippen LogP contribution in [0.25, 0.3) is 81.0 Å². The fourth-order valence-electron chi connectivity index (χ4n) is 7.80. The Balaban J connectivity index is 1.28. The van der Waals surface area contributed by atoms with Crippen LogP contribution in [0.3, 0.4) is 0 Å². The molecule has 0 fully saturated rings. The molecular weight excluding hydrogens is 565 g/mol. The predicted molar refractivity (Wildman–Crippen MR) is 192 cm³/mol. The summed E-state index contributed by atoms with van der Waals surface area (Å²) in [5.74, 6) is 0. The number of hydrogen-bond acceptors (Lipinski definition) is 2. The van der Waals surface area contributed by atoms with E-state index < -0.39 is 0 Å². The van der Waals surface area contributed by atoms with Crippen LogP contribution in [0.15, 0.2) is 133 Å². The second-order valence-electron chi connectivity index (χ2n) is 12.8. The van der Waals surface area contributed by atoms with Gasteiger partial charge >= 0.3 is 0 Å².